The van der Waals surface area contributed by atoms with Crippen LogP contribution in [0.1, 0.15) is 11.2 Å². The molecule has 0 heterocycles. The number of benzene rings is 1. The van der Waals surface area contributed by atoms with E-state index in [2.05, 4.69) is 99.3 Å². The molecular weight excluding hydrogens is 253 g/mol. The van der Waals surface area contributed by atoms with Gasteiger partial charge in [-0.05, 0) is 0 Å². The summed E-state index contributed by atoms with van der Waals surface area (Å²) in [5.74, 6) is 0. The minimum atomic E-state index is -2.02. The molecule has 0 amide bonds. The van der Waals surface area contributed by atoms with Crippen LogP contribution in [0.2, 0.25) is 0 Å². The third-order valence-corrected chi connectivity index (χ3v) is 9.14. The predicted molar refractivity (Wildman–Crippen MR) is 88.8 cm³/mol. The standard InChI is InChI=1S/C15H28N3P/c1-8-15(14-12-10-9-11-13-14)19(16(2)3,17(4)5)18(6)7/h8-13,15,19H,1H2,2-7H3. The molecule has 0 saturated carbocycles. The van der Waals surface area contributed by atoms with Gasteiger partial charge >= 0.3 is 118 Å². The Kier molecular flexibility index (Phi) is 5.69. The zero-order chi connectivity index (χ0) is 14.6. The normalized spacial score (nSPS) is 15.0. The van der Waals surface area contributed by atoms with Crippen LogP contribution in [-0.4, -0.2) is 56.3 Å². The summed E-state index contributed by atoms with van der Waals surface area (Å²) >= 11 is 0. The SMILES string of the molecule is C=CC(c1ccccc1)[PH](N(C)C)(N(C)C)N(C)C. The Labute approximate surface area is 119 Å². The van der Waals surface area contributed by atoms with Crippen molar-refractivity contribution in [2.45, 2.75) is 5.66 Å². The van der Waals surface area contributed by atoms with Crippen LogP contribution in [0.4, 0.5) is 0 Å². The zero-order valence-electron chi connectivity index (χ0n) is 13.1. The Morgan fingerprint density at radius 3 is 1.63 bits per heavy atom. The summed E-state index contributed by atoms with van der Waals surface area (Å²) in [5, 5.41) is 0. The fourth-order valence-electron chi connectivity index (χ4n) is 3.21. The second-order valence-corrected chi connectivity index (χ2v) is 10.2. The van der Waals surface area contributed by atoms with Crippen molar-refractivity contribution in [2.75, 3.05) is 42.3 Å². The van der Waals surface area contributed by atoms with Crippen molar-refractivity contribution in [3.8, 4) is 0 Å². The number of hydrogen-bond acceptors (Lipinski definition) is 3. The summed E-state index contributed by atoms with van der Waals surface area (Å²) in [6.45, 7) is 4.11. The van der Waals surface area contributed by atoms with Crippen LogP contribution >= 0.6 is 7.71 Å². The van der Waals surface area contributed by atoms with Gasteiger partial charge in [0.05, 0.1) is 0 Å². The van der Waals surface area contributed by atoms with Gasteiger partial charge in [-0.25, -0.2) is 0 Å². The molecule has 0 aliphatic carbocycles. The molecule has 108 valence electrons. The van der Waals surface area contributed by atoms with E-state index in [9.17, 15) is 0 Å². The van der Waals surface area contributed by atoms with Gasteiger partial charge in [0.25, 0.3) is 0 Å². The molecule has 1 rings (SSSR count). The van der Waals surface area contributed by atoms with Crippen LogP contribution in [0.25, 0.3) is 0 Å². The zero-order valence-corrected chi connectivity index (χ0v) is 14.1. The fraction of sp³-hybridized carbons (Fsp3) is 0.467. The predicted octanol–water partition coefficient (Wildman–Crippen LogP) is 3.09. The van der Waals surface area contributed by atoms with Crippen LogP contribution in [0.15, 0.2) is 43.0 Å². The van der Waals surface area contributed by atoms with E-state index in [0.717, 1.165) is 0 Å². The van der Waals surface area contributed by atoms with Gasteiger partial charge in [0.15, 0.2) is 0 Å². The molecule has 4 heteroatoms. The number of rotatable bonds is 6. The summed E-state index contributed by atoms with van der Waals surface area (Å²) in [4.78, 5) is 0. The quantitative estimate of drug-likeness (QED) is 0.586. The van der Waals surface area contributed by atoms with Crippen molar-refractivity contribution in [3.63, 3.8) is 0 Å². The number of allylic oxidation sites excluding steroid dienone is 1. The van der Waals surface area contributed by atoms with E-state index in [0.29, 0.717) is 5.66 Å². The molecule has 1 atom stereocenters. The van der Waals surface area contributed by atoms with Gasteiger partial charge in [0.2, 0.25) is 0 Å². The second-order valence-electron chi connectivity index (χ2n) is 5.49. The maximum atomic E-state index is 4.11. The van der Waals surface area contributed by atoms with Gasteiger partial charge in [0, 0.05) is 0 Å². The van der Waals surface area contributed by atoms with Gasteiger partial charge in [-0.1, -0.05) is 0 Å². The fourth-order valence-corrected chi connectivity index (χ4v) is 8.24. The molecule has 1 unspecified atom stereocenters. The Morgan fingerprint density at radius 1 is 0.895 bits per heavy atom. The van der Waals surface area contributed by atoms with Gasteiger partial charge in [-0.2, -0.15) is 0 Å². The van der Waals surface area contributed by atoms with Gasteiger partial charge in [0.1, 0.15) is 0 Å². The van der Waals surface area contributed by atoms with E-state index in [-0.39, 0.29) is 0 Å². The van der Waals surface area contributed by atoms with Crippen LogP contribution in [-0.2, 0) is 0 Å². The van der Waals surface area contributed by atoms with Gasteiger partial charge in [-0.3, -0.25) is 0 Å². The summed E-state index contributed by atoms with van der Waals surface area (Å²) in [7, 11) is 11.0. The molecule has 0 spiro atoms. The average Bonchev–Trinajstić information content (AvgIpc) is 2.35. The van der Waals surface area contributed by atoms with Crippen LogP contribution in [0, 0.1) is 0 Å². The third-order valence-electron chi connectivity index (χ3n) is 3.79. The summed E-state index contributed by atoms with van der Waals surface area (Å²) < 4.78 is 7.14. The van der Waals surface area contributed by atoms with E-state index in [4.69, 9.17) is 0 Å². The summed E-state index contributed by atoms with van der Waals surface area (Å²) in [5.41, 5.74) is 1.66. The van der Waals surface area contributed by atoms with Crippen molar-refractivity contribution < 1.29 is 0 Å². The monoisotopic (exact) mass is 281 g/mol. The second kappa shape index (κ2) is 6.62. The molecule has 1 aromatic carbocycles. The first-order valence-electron chi connectivity index (χ1n) is 6.58. The number of hydrogen-bond donors (Lipinski definition) is 0. The molecule has 19 heavy (non-hydrogen) atoms. The molecular formula is C15H28N3P. The molecule has 0 N–H and O–H groups in total. The van der Waals surface area contributed by atoms with Gasteiger partial charge < -0.3 is 0 Å². The first kappa shape index (κ1) is 16.3. The molecule has 0 aliphatic rings. The molecule has 0 saturated heterocycles. The Balaban J connectivity index is 3.41. The molecule has 3 nitrogen and oxygen atoms in total. The molecule has 0 bridgehead atoms. The summed E-state index contributed by atoms with van der Waals surface area (Å²) in [6, 6.07) is 10.7. The van der Waals surface area contributed by atoms with E-state index in [1.165, 1.54) is 5.56 Å². The molecule has 0 aliphatic heterocycles. The van der Waals surface area contributed by atoms with Crippen molar-refractivity contribution >= 4 is 7.71 Å². The van der Waals surface area contributed by atoms with E-state index in [1.54, 1.807) is 0 Å². The Hall–Kier alpha value is -0.730. The molecule has 0 radical (unpaired) electrons. The average molecular weight is 281 g/mol. The first-order chi connectivity index (χ1) is 8.88. The summed E-state index contributed by atoms with van der Waals surface area (Å²) in [6.07, 6.45) is 2.10. The van der Waals surface area contributed by atoms with Crippen LogP contribution in [0.3, 0.4) is 0 Å². The van der Waals surface area contributed by atoms with E-state index >= 15 is 0 Å². The molecule has 0 aromatic heterocycles. The van der Waals surface area contributed by atoms with Crippen molar-refractivity contribution in [3.05, 3.63) is 48.6 Å². The van der Waals surface area contributed by atoms with Crippen molar-refractivity contribution in [1.29, 1.82) is 0 Å². The maximum absolute atomic E-state index is 4.11. The topological polar surface area (TPSA) is 9.72 Å². The van der Waals surface area contributed by atoms with Crippen LogP contribution < -0.4 is 0 Å². The number of nitrogens with zero attached hydrogens (tertiary/aromatic N) is 3. The Morgan fingerprint density at radius 2 is 1.32 bits per heavy atom. The first-order valence-corrected chi connectivity index (χ1v) is 8.50. The molecule has 1 aromatic rings. The Bertz CT molecular complexity index is 379. The minimum absolute atomic E-state index is 0.328. The van der Waals surface area contributed by atoms with Gasteiger partial charge in [-0.15, -0.1) is 0 Å². The van der Waals surface area contributed by atoms with Crippen LogP contribution in [0.5, 0.6) is 0 Å². The van der Waals surface area contributed by atoms with Crippen molar-refractivity contribution in [2.24, 2.45) is 0 Å². The van der Waals surface area contributed by atoms with E-state index in [1.807, 2.05) is 0 Å². The molecule has 0 fully saturated rings. The third kappa shape index (κ3) is 2.90. The van der Waals surface area contributed by atoms with Crippen molar-refractivity contribution in [1.82, 2.24) is 14.0 Å². The van der Waals surface area contributed by atoms with E-state index < -0.39 is 7.71 Å².